The summed E-state index contributed by atoms with van der Waals surface area (Å²) < 4.78 is 4.70. The minimum Gasteiger partial charge on any atom is -0.465 e. The molecule has 1 aromatic carbocycles. The quantitative estimate of drug-likeness (QED) is 0.817. The molecule has 4 nitrogen and oxygen atoms in total. The molecule has 0 saturated carbocycles. The van der Waals surface area contributed by atoms with E-state index in [1.165, 1.54) is 45.0 Å². The number of ether oxygens (including phenoxy) is 1. The van der Waals surface area contributed by atoms with Crippen LogP contribution in [0.15, 0.2) is 24.3 Å². The molecule has 1 N–H and O–H groups in total. The number of carbonyl (C=O) groups excluding carboxylic acids is 1. The van der Waals surface area contributed by atoms with Crippen LogP contribution in [0.2, 0.25) is 0 Å². The SMILES string of the molecule is COC(=O)c1ccc(CNCC(C)N2CCCCC2)cc1. The van der Waals surface area contributed by atoms with E-state index in [9.17, 15) is 4.79 Å². The largest absolute Gasteiger partial charge is 0.465 e. The van der Waals surface area contributed by atoms with Crippen molar-refractivity contribution in [2.75, 3.05) is 26.7 Å². The van der Waals surface area contributed by atoms with Gasteiger partial charge >= 0.3 is 5.97 Å². The average molecular weight is 290 g/mol. The molecule has 116 valence electrons. The zero-order chi connectivity index (χ0) is 15.1. The highest BCUT2D eigenvalue weighted by Crippen LogP contribution is 2.11. The third-order valence-corrected chi connectivity index (χ3v) is 4.16. The fraction of sp³-hybridized carbons (Fsp3) is 0.588. The molecule has 1 unspecified atom stereocenters. The van der Waals surface area contributed by atoms with Gasteiger partial charge in [0.15, 0.2) is 0 Å². The lowest BCUT2D eigenvalue weighted by atomic mass is 10.1. The van der Waals surface area contributed by atoms with Gasteiger partial charge in [0.2, 0.25) is 0 Å². The summed E-state index contributed by atoms with van der Waals surface area (Å²) in [7, 11) is 1.40. The monoisotopic (exact) mass is 290 g/mol. The molecule has 21 heavy (non-hydrogen) atoms. The number of nitrogens with one attached hydrogen (secondary N) is 1. The number of esters is 1. The van der Waals surface area contributed by atoms with Gasteiger partial charge in [0.25, 0.3) is 0 Å². The van der Waals surface area contributed by atoms with E-state index in [0.29, 0.717) is 11.6 Å². The van der Waals surface area contributed by atoms with Crippen LogP contribution in [0.3, 0.4) is 0 Å². The predicted octanol–water partition coefficient (Wildman–Crippen LogP) is 2.44. The van der Waals surface area contributed by atoms with Crippen LogP contribution in [0, 0.1) is 0 Å². The average Bonchev–Trinajstić information content (AvgIpc) is 2.55. The second-order valence-electron chi connectivity index (χ2n) is 5.77. The van der Waals surface area contributed by atoms with Gasteiger partial charge in [-0.1, -0.05) is 18.6 Å². The first-order valence-corrected chi connectivity index (χ1v) is 7.82. The van der Waals surface area contributed by atoms with Gasteiger partial charge in [0, 0.05) is 19.1 Å². The number of rotatable bonds is 6. The molecule has 1 aromatic rings. The summed E-state index contributed by atoms with van der Waals surface area (Å²) in [6.45, 7) is 6.59. The number of likely N-dealkylation sites (tertiary alicyclic amines) is 1. The fourth-order valence-corrected chi connectivity index (χ4v) is 2.79. The van der Waals surface area contributed by atoms with Crippen LogP contribution in [0.5, 0.6) is 0 Å². The molecule has 2 rings (SSSR count). The van der Waals surface area contributed by atoms with Gasteiger partial charge in [-0.25, -0.2) is 4.79 Å². The number of benzene rings is 1. The molecule has 1 aliphatic rings. The standard InChI is InChI=1S/C17H26N2O2/c1-14(19-10-4-3-5-11-19)12-18-13-15-6-8-16(9-7-15)17(20)21-2/h6-9,14,18H,3-5,10-13H2,1-2H3. The third-order valence-electron chi connectivity index (χ3n) is 4.16. The van der Waals surface area contributed by atoms with Crippen molar-refractivity contribution >= 4 is 5.97 Å². The molecule has 4 heteroatoms. The Morgan fingerprint density at radius 3 is 2.52 bits per heavy atom. The minimum absolute atomic E-state index is 0.284. The van der Waals surface area contributed by atoms with E-state index in [1.807, 2.05) is 24.3 Å². The zero-order valence-electron chi connectivity index (χ0n) is 13.1. The van der Waals surface area contributed by atoms with E-state index in [2.05, 4.69) is 17.1 Å². The molecule has 0 aliphatic carbocycles. The summed E-state index contributed by atoms with van der Waals surface area (Å²) in [4.78, 5) is 13.9. The summed E-state index contributed by atoms with van der Waals surface area (Å²) in [5.41, 5.74) is 1.79. The molecule has 0 amide bonds. The van der Waals surface area contributed by atoms with Gasteiger partial charge < -0.3 is 10.1 Å². The molecule has 1 fully saturated rings. The first-order valence-electron chi connectivity index (χ1n) is 7.82. The van der Waals surface area contributed by atoms with E-state index >= 15 is 0 Å². The van der Waals surface area contributed by atoms with Crippen LogP contribution < -0.4 is 5.32 Å². The van der Waals surface area contributed by atoms with Gasteiger partial charge in [0.1, 0.15) is 0 Å². The molecule has 1 heterocycles. The van der Waals surface area contributed by atoms with E-state index in [1.54, 1.807) is 0 Å². The van der Waals surface area contributed by atoms with Gasteiger partial charge in [-0.15, -0.1) is 0 Å². The summed E-state index contributed by atoms with van der Waals surface area (Å²) in [6.07, 6.45) is 4.04. The van der Waals surface area contributed by atoms with Gasteiger partial charge in [-0.2, -0.15) is 0 Å². The number of piperidine rings is 1. The van der Waals surface area contributed by atoms with E-state index in [-0.39, 0.29) is 5.97 Å². The highest BCUT2D eigenvalue weighted by atomic mass is 16.5. The molecule has 1 aliphatic heterocycles. The Kier molecular flexibility index (Phi) is 6.21. The lowest BCUT2D eigenvalue weighted by Gasteiger charge is -2.32. The van der Waals surface area contributed by atoms with Gasteiger partial charge in [0.05, 0.1) is 12.7 Å². The molecule has 1 atom stereocenters. The summed E-state index contributed by atoms with van der Waals surface area (Å²) in [5, 5.41) is 3.50. The number of methoxy groups -OCH3 is 1. The van der Waals surface area contributed by atoms with Gasteiger partial charge in [-0.3, -0.25) is 4.90 Å². The molecular weight excluding hydrogens is 264 g/mol. The van der Waals surface area contributed by atoms with Crippen molar-refractivity contribution in [1.82, 2.24) is 10.2 Å². The van der Waals surface area contributed by atoms with Crippen molar-refractivity contribution in [3.8, 4) is 0 Å². The van der Waals surface area contributed by atoms with Crippen molar-refractivity contribution in [1.29, 1.82) is 0 Å². The Hall–Kier alpha value is -1.39. The Morgan fingerprint density at radius 1 is 1.24 bits per heavy atom. The maximum absolute atomic E-state index is 11.4. The maximum Gasteiger partial charge on any atom is 0.337 e. The summed E-state index contributed by atoms with van der Waals surface area (Å²) >= 11 is 0. The maximum atomic E-state index is 11.4. The van der Waals surface area contributed by atoms with Crippen LogP contribution in [-0.2, 0) is 11.3 Å². The Morgan fingerprint density at radius 2 is 1.90 bits per heavy atom. The van der Waals surface area contributed by atoms with Crippen LogP contribution >= 0.6 is 0 Å². The second-order valence-corrected chi connectivity index (χ2v) is 5.77. The summed E-state index contributed by atoms with van der Waals surface area (Å²) in [5.74, 6) is -0.284. The molecule has 1 saturated heterocycles. The Bertz CT molecular complexity index is 439. The van der Waals surface area contributed by atoms with Crippen molar-refractivity contribution < 1.29 is 9.53 Å². The lowest BCUT2D eigenvalue weighted by molar-refractivity contribution is 0.0600. The Balaban J connectivity index is 1.73. The first kappa shape index (κ1) is 16.0. The zero-order valence-corrected chi connectivity index (χ0v) is 13.1. The lowest BCUT2D eigenvalue weighted by Crippen LogP contribution is -2.42. The molecular formula is C17H26N2O2. The summed E-state index contributed by atoms with van der Waals surface area (Å²) in [6, 6.07) is 8.17. The van der Waals surface area contributed by atoms with Crippen LogP contribution in [0.25, 0.3) is 0 Å². The third kappa shape index (κ3) is 4.83. The van der Waals surface area contributed by atoms with E-state index in [4.69, 9.17) is 4.74 Å². The fourth-order valence-electron chi connectivity index (χ4n) is 2.79. The van der Waals surface area contributed by atoms with Gasteiger partial charge in [-0.05, 0) is 50.6 Å². The van der Waals surface area contributed by atoms with Crippen molar-refractivity contribution in [3.05, 3.63) is 35.4 Å². The first-order chi connectivity index (χ1) is 10.2. The molecule has 0 bridgehead atoms. The smallest absolute Gasteiger partial charge is 0.337 e. The van der Waals surface area contributed by atoms with Crippen LogP contribution in [0.1, 0.15) is 42.1 Å². The van der Waals surface area contributed by atoms with Crippen LogP contribution in [0.4, 0.5) is 0 Å². The van der Waals surface area contributed by atoms with Crippen molar-refractivity contribution in [2.24, 2.45) is 0 Å². The normalized spacial score (nSPS) is 17.4. The highest BCUT2D eigenvalue weighted by Gasteiger charge is 2.15. The number of hydrogen-bond acceptors (Lipinski definition) is 4. The second kappa shape index (κ2) is 8.15. The Labute approximate surface area is 127 Å². The van der Waals surface area contributed by atoms with Crippen molar-refractivity contribution in [3.63, 3.8) is 0 Å². The topological polar surface area (TPSA) is 41.6 Å². The molecule has 0 radical (unpaired) electrons. The van der Waals surface area contributed by atoms with Crippen molar-refractivity contribution in [2.45, 2.75) is 38.8 Å². The predicted molar refractivity (Wildman–Crippen MR) is 84.4 cm³/mol. The minimum atomic E-state index is -0.284. The molecule has 0 spiro atoms. The number of nitrogens with zero attached hydrogens (tertiary/aromatic N) is 1. The van der Waals surface area contributed by atoms with E-state index < -0.39 is 0 Å². The molecule has 0 aromatic heterocycles. The highest BCUT2D eigenvalue weighted by molar-refractivity contribution is 5.89. The number of hydrogen-bond donors (Lipinski definition) is 1. The number of carbonyl (C=O) groups is 1. The van der Waals surface area contributed by atoms with Crippen LogP contribution in [-0.4, -0.2) is 43.7 Å². The van der Waals surface area contributed by atoms with E-state index in [0.717, 1.165) is 13.1 Å².